The van der Waals surface area contributed by atoms with Crippen molar-refractivity contribution >= 4 is 22.1 Å². The van der Waals surface area contributed by atoms with Crippen molar-refractivity contribution in [3.05, 3.63) is 84.9 Å². The monoisotopic (exact) mass is 335 g/mol. The molecule has 0 amide bonds. The molecule has 5 aromatic rings. The van der Waals surface area contributed by atoms with Crippen molar-refractivity contribution in [3.63, 3.8) is 0 Å². The zero-order valence-corrected chi connectivity index (χ0v) is 13.7. The van der Waals surface area contributed by atoms with E-state index in [1.165, 1.54) is 0 Å². The van der Waals surface area contributed by atoms with E-state index in [2.05, 4.69) is 16.0 Å². The summed E-state index contributed by atoms with van der Waals surface area (Å²) in [5.41, 5.74) is 6.23. The van der Waals surface area contributed by atoms with Gasteiger partial charge in [-0.3, -0.25) is 9.13 Å². The van der Waals surface area contributed by atoms with E-state index >= 15 is 0 Å². The van der Waals surface area contributed by atoms with Crippen LogP contribution in [-0.2, 0) is 0 Å². The van der Waals surface area contributed by atoms with E-state index in [4.69, 9.17) is 0 Å². The van der Waals surface area contributed by atoms with Crippen molar-refractivity contribution in [2.24, 2.45) is 0 Å². The number of para-hydroxylation sites is 4. The molecule has 0 aliphatic heterocycles. The highest BCUT2D eigenvalue weighted by Gasteiger charge is 2.10. The zero-order valence-electron chi connectivity index (χ0n) is 13.7. The molecule has 0 aliphatic carbocycles. The van der Waals surface area contributed by atoms with E-state index in [1.54, 1.807) is 12.7 Å². The zero-order chi connectivity index (χ0) is 17.5. The number of aromatic nitrogens is 4. The molecule has 0 saturated carbocycles. The van der Waals surface area contributed by atoms with E-state index in [0.29, 0.717) is 5.56 Å². The molecular weight excluding hydrogens is 322 g/mol. The van der Waals surface area contributed by atoms with Gasteiger partial charge in [0.2, 0.25) is 0 Å². The summed E-state index contributed by atoms with van der Waals surface area (Å²) in [6, 6.07) is 23.9. The molecule has 0 aliphatic rings. The van der Waals surface area contributed by atoms with E-state index in [1.807, 2.05) is 75.9 Å². The van der Waals surface area contributed by atoms with Crippen molar-refractivity contribution in [2.45, 2.75) is 0 Å². The molecule has 0 bridgehead atoms. The van der Waals surface area contributed by atoms with E-state index in [-0.39, 0.29) is 0 Å². The fourth-order valence-corrected chi connectivity index (χ4v) is 3.27. The normalized spacial score (nSPS) is 11.0. The lowest BCUT2D eigenvalue weighted by Gasteiger charge is -2.10. The second-order valence-electron chi connectivity index (χ2n) is 6.06. The Hall–Kier alpha value is -3.91. The van der Waals surface area contributed by atoms with Gasteiger partial charge in [0, 0.05) is 0 Å². The van der Waals surface area contributed by atoms with Crippen molar-refractivity contribution in [3.8, 4) is 17.4 Å². The molecule has 0 unspecified atom stereocenters. The minimum absolute atomic E-state index is 0.591. The SMILES string of the molecule is N#Cc1cc(-n2cnc3ccccc32)cc(-n2cnc3ccccc32)c1. The largest absolute Gasteiger partial charge is 0.299 e. The minimum atomic E-state index is 0.591. The van der Waals surface area contributed by atoms with E-state index in [9.17, 15) is 5.26 Å². The third-order valence-corrected chi connectivity index (χ3v) is 4.50. The van der Waals surface area contributed by atoms with Gasteiger partial charge in [-0.15, -0.1) is 0 Å². The maximum absolute atomic E-state index is 9.51. The Morgan fingerprint density at radius 3 is 1.69 bits per heavy atom. The van der Waals surface area contributed by atoms with Crippen LogP contribution in [0.5, 0.6) is 0 Å². The van der Waals surface area contributed by atoms with Gasteiger partial charge in [0.15, 0.2) is 0 Å². The standard InChI is InChI=1S/C21H13N5/c22-12-15-9-16(25-13-23-18-5-1-3-7-20(18)25)11-17(10-15)26-14-24-19-6-2-4-8-21(19)26/h1-11,13-14H. The molecule has 5 heteroatoms. The lowest BCUT2D eigenvalue weighted by Crippen LogP contribution is -1.98. The fourth-order valence-electron chi connectivity index (χ4n) is 3.27. The van der Waals surface area contributed by atoms with Gasteiger partial charge in [0.05, 0.1) is 45.1 Å². The molecule has 0 N–H and O–H groups in total. The molecular formula is C21H13N5. The highest BCUT2D eigenvalue weighted by Crippen LogP contribution is 2.24. The van der Waals surface area contributed by atoms with Gasteiger partial charge in [0.25, 0.3) is 0 Å². The number of rotatable bonds is 2. The molecule has 0 spiro atoms. The predicted octanol–water partition coefficient (Wildman–Crippen LogP) is 4.24. The van der Waals surface area contributed by atoms with Crippen LogP contribution in [0.15, 0.2) is 79.4 Å². The first-order valence-electron chi connectivity index (χ1n) is 8.23. The van der Waals surface area contributed by atoms with Gasteiger partial charge in [-0.2, -0.15) is 5.26 Å². The van der Waals surface area contributed by atoms with Crippen molar-refractivity contribution in [2.75, 3.05) is 0 Å². The maximum atomic E-state index is 9.51. The first-order valence-corrected chi connectivity index (χ1v) is 8.23. The lowest BCUT2D eigenvalue weighted by molar-refractivity contribution is 1.05. The summed E-state index contributed by atoms with van der Waals surface area (Å²) in [6.45, 7) is 0. The summed E-state index contributed by atoms with van der Waals surface area (Å²) in [6.07, 6.45) is 3.58. The molecule has 3 aromatic carbocycles. The van der Waals surface area contributed by atoms with Crippen LogP contribution in [0, 0.1) is 11.3 Å². The third kappa shape index (κ3) is 2.17. The van der Waals surface area contributed by atoms with Crippen molar-refractivity contribution in [1.29, 1.82) is 5.26 Å². The quantitative estimate of drug-likeness (QED) is 0.485. The van der Waals surface area contributed by atoms with Crippen molar-refractivity contribution in [1.82, 2.24) is 19.1 Å². The number of nitriles is 1. The first kappa shape index (κ1) is 14.4. The molecule has 26 heavy (non-hydrogen) atoms. The fraction of sp³-hybridized carbons (Fsp3) is 0. The summed E-state index contributed by atoms with van der Waals surface area (Å²) < 4.78 is 4.00. The maximum Gasteiger partial charge on any atom is 0.100 e. The first-order chi connectivity index (χ1) is 12.8. The number of benzene rings is 3. The lowest BCUT2D eigenvalue weighted by atomic mass is 10.1. The van der Waals surface area contributed by atoms with Crippen LogP contribution < -0.4 is 0 Å². The minimum Gasteiger partial charge on any atom is -0.299 e. The van der Waals surface area contributed by atoms with Crippen LogP contribution in [0.4, 0.5) is 0 Å². The Balaban J connectivity index is 1.76. The number of fused-ring (bicyclic) bond motifs is 2. The van der Waals surface area contributed by atoms with E-state index in [0.717, 1.165) is 33.4 Å². The number of nitrogens with zero attached hydrogens (tertiary/aromatic N) is 5. The Bertz CT molecular complexity index is 1210. The molecule has 0 atom stereocenters. The highest BCUT2D eigenvalue weighted by atomic mass is 15.1. The molecule has 5 nitrogen and oxygen atoms in total. The third-order valence-electron chi connectivity index (χ3n) is 4.50. The van der Waals surface area contributed by atoms with Gasteiger partial charge >= 0.3 is 0 Å². The van der Waals surface area contributed by atoms with Crippen molar-refractivity contribution < 1.29 is 0 Å². The number of imidazole rings is 2. The van der Waals surface area contributed by atoms with Crippen LogP contribution in [0.25, 0.3) is 33.4 Å². The molecule has 0 radical (unpaired) electrons. The molecule has 5 rings (SSSR count). The number of hydrogen-bond donors (Lipinski definition) is 0. The van der Waals surface area contributed by atoms with Crippen LogP contribution in [-0.4, -0.2) is 19.1 Å². The molecule has 0 saturated heterocycles. The summed E-state index contributed by atoms with van der Waals surface area (Å²) >= 11 is 0. The van der Waals surface area contributed by atoms with Gasteiger partial charge in [0.1, 0.15) is 12.7 Å². The van der Waals surface area contributed by atoms with Crippen LogP contribution in [0.2, 0.25) is 0 Å². The summed E-state index contributed by atoms with van der Waals surface area (Å²) in [5, 5.41) is 9.51. The van der Waals surface area contributed by atoms with Gasteiger partial charge in [-0.05, 0) is 42.5 Å². The van der Waals surface area contributed by atoms with Crippen LogP contribution >= 0.6 is 0 Å². The molecule has 122 valence electrons. The Morgan fingerprint density at radius 1 is 0.692 bits per heavy atom. The Kier molecular flexibility index (Phi) is 3.09. The highest BCUT2D eigenvalue weighted by molar-refractivity contribution is 5.79. The summed E-state index contributed by atoms with van der Waals surface area (Å²) in [7, 11) is 0. The van der Waals surface area contributed by atoms with E-state index < -0.39 is 0 Å². The summed E-state index contributed by atoms with van der Waals surface area (Å²) in [5.74, 6) is 0. The Labute approximate surface area is 149 Å². The van der Waals surface area contributed by atoms with Crippen LogP contribution in [0.3, 0.4) is 0 Å². The number of hydrogen-bond acceptors (Lipinski definition) is 3. The van der Waals surface area contributed by atoms with Gasteiger partial charge < -0.3 is 0 Å². The van der Waals surface area contributed by atoms with Crippen LogP contribution in [0.1, 0.15) is 5.56 Å². The molecule has 2 aromatic heterocycles. The second kappa shape index (κ2) is 5.57. The topological polar surface area (TPSA) is 59.4 Å². The average molecular weight is 335 g/mol. The molecule has 0 fully saturated rings. The van der Waals surface area contributed by atoms with Gasteiger partial charge in [-0.1, -0.05) is 24.3 Å². The van der Waals surface area contributed by atoms with Gasteiger partial charge in [-0.25, -0.2) is 9.97 Å². The average Bonchev–Trinajstić information content (AvgIpc) is 3.32. The second-order valence-corrected chi connectivity index (χ2v) is 6.06. The Morgan fingerprint density at radius 2 is 1.19 bits per heavy atom. The predicted molar refractivity (Wildman–Crippen MR) is 100 cm³/mol. The smallest absolute Gasteiger partial charge is 0.100 e. The molecule has 2 heterocycles. The summed E-state index contributed by atoms with van der Waals surface area (Å²) in [4.78, 5) is 8.91.